The first kappa shape index (κ1) is 17.1. The molecule has 0 aromatic heterocycles. The first-order valence-corrected chi connectivity index (χ1v) is 7.62. The molecule has 0 radical (unpaired) electrons. The van der Waals surface area contributed by atoms with E-state index < -0.39 is 37.4 Å². The molecule has 0 saturated heterocycles. The normalized spacial score (nSPS) is 18.1. The summed E-state index contributed by atoms with van der Waals surface area (Å²) in [6.45, 7) is 3.26. The summed E-state index contributed by atoms with van der Waals surface area (Å²) in [5.41, 5.74) is 2.10. The zero-order valence-corrected chi connectivity index (χ0v) is 11.4. The minimum Gasteiger partial charge on any atom is -0.550 e. The van der Waals surface area contributed by atoms with Crippen LogP contribution in [-0.2, 0) is 14.2 Å². The lowest BCUT2D eigenvalue weighted by atomic mass is 9.85. The van der Waals surface area contributed by atoms with Crippen molar-refractivity contribution in [3.63, 3.8) is 0 Å². The molecule has 106 valence electrons. The highest BCUT2D eigenvalue weighted by Crippen LogP contribution is 2.43. The number of carboxylic acids is 2. The minimum absolute atomic E-state index is 0.131. The lowest BCUT2D eigenvalue weighted by molar-refractivity contribution is -0.497. The highest BCUT2D eigenvalue weighted by atomic mass is 31.2. The molecule has 0 aliphatic heterocycles. The Morgan fingerprint density at radius 1 is 1.33 bits per heavy atom. The fourth-order valence-corrected chi connectivity index (χ4v) is 2.88. The minimum atomic E-state index is -3.67. The van der Waals surface area contributed by atoms with Crippen molar-refractivity contribution in [2.24, 2.45) is 5.92 Å². The summed E-state index contributed by atoms with van der Waals surface area (Å²) in [6.07, 6.45) is -1.37. The number of carbonyl (C=O) groups excluding carboxylic acids is 2. The van der Waals surface area contributed by atoms with E-state index >= 15 is 0 Å². The molecule has 0 heterocycles. The first-order valence-electron chi connectivity index (χ1n) is 5.59. The van der Waals surface area contributed by atoms with Crippen molar-refractivity contribution in [2.75, 3.05) is 12.3 Å². The lowest BCUT2D eigenvalue weighted by Gasteiger charge is -2.31. The predicted octanol–water partition coefficient (Wildman–Crippen LogP) is -2.83. The molecule has 0 saturated carbocycles. The third-order valence-electron chi connectivity index (χ3n) is 3.08. The third kappa shape index (κ3) is 5.16. The second kappa shape index (κ2) is 6.31. The summed E-state index contributed by atoms with van der Waals surface area (Å²) >= 11 is 0. The molecule has 18 heavy (non-hydrogen) atoms. The quantitative estimate of drug-likeness (QED) is 0.458. The topological polar surface area (TPSA) is 145 Å². The van der Waals surface area contributed by atoms with E-state index in [1.54, 1.807) is 13.8 Å². The molecule has 0 aliphatic carbocycles. The Morgan fingerprint density at radius 2 is 1.83 bits per heavy atom. The molecule has 0 amide bonds. The number of carboxylic acid groups (broad SMARTS) is 2. The zero-order valence-electron chi connectivity index (χ0n) is 10.5. The monoisotopic (exact) mass is 280 g/mol. The highest BCUT2D eigenvalue weighted by Gasteiger charge is 2.37. The van der Waals surface area contributed by atoms with Crippen LogP contribution in [0.4, 0.5) is 0 Å². The molecule has 8 heteroatoms. The summed E-state index contributed by atoms with van der Waals surface area (Å²) in [7, 11) is -3.67. The predicted molar refractivity (Wildman–Crippen MR) is 59.3 cm³/mol. The Labute approximate surface area is 105 Å². The van der Waals surface area contributed by atoms with Crippen molar-refractivity contribution in [1.29, 1.82) is 0 Å². The molecule has 0 bridgehead atoms. The van der Waals surface area contributed by atoms with Crippen molar-refractivity contribution >= 4 is 19.3 Å². The average molecular weight is 280 g/mol. The van der Waals surface area contributed by atoms with Crippen LogP contribution in [0.25, 0.3) is 0 Å². The molecular weight excluding hydrogens is 261 g/mol. The SMILES string of the molecule is CC(C)[C@]([NH3+])(CCP(=O)(O)CCC(=O)[O-])C(=O)[O-]. The summed E-state index contributed by atoms with van der Waals surface area (Å²) in [4.78, 5) is 30.7. The van der Waals surface area contributed by atoms with Crippen molar-refractivity contribution in [2.45, 2.75) is 32.2 Å². The Balaban J connectivity index is 4.58. The van der Waals surface area contributed by atoms with Crippen LogP contribution < -0.4 is 15.9 Å². The zero-order chi connectivity index (χ0) is 14.6. The van der Waals surface area contributed by atoms with Gasteiger partial charge >= 0.3 is 0 Å². The van der Waals surface area contributed by atoms with Crippen LogP contribution in [0.2, 0.25) is 0 Å². The Morgan fingerprint density at radius 3 is 2.17 bits per heavy atom. The smallest absolute Gasteiger partial charge is 0.201 e. The fourth-order valence-electron chi connectivity index (χ4n) is 1.38. The number of aliphatic carboxylic acids is 2. The van der Waals surface area contributed by atoms with Crippen LogP contribution in [0.1, 0.15) is 26.7 Å². The van der Waals surface area contributed by atoms with Gasteiger partial charge in [0.2, 0.25) is 7.37 Å². The molecule has 2 atom stereocenters. The number of carbonyl (C=O) groups is 2. The maximum Gasteiger partial charge on any atom is 0.201 e. The van der Waals surface area contributed by atoms with E-state index in [0.717, 1.165) is 0 Å². The van der Waals surface area contributed by atoms with Crippen molar-refractivity contribution in [3.05, 3.63) is 0 Å². The Hall–Kier alpha value is -0.910. The molecule has 0 fully saturated rings. The van der Waals surface area contributed by atoms with E-state index in [1.165, 1.54) is 0 Å². The van der Waals surface area contributed by atoms with Crippen LogP contribution in [0, 0.1) is 5.92 Å². The van der Waals surface area contributed by atoms with Crippen molar-refractivity contribution in [3.8, 4) is 0 Å². The fraction of sp³-hybridized carbons (Fsp3) is 0.800. The van der Waals surface area contributed by atoms with E-state index in [2.05, 4.69) is 5.73 Å². The molecule has 1 unspecified atom stereocenters. The van der Waals surface area contributed by atoms with Gasteiger partial charge in [-0.15, -0.1) is 0 Å². The van der Waals surface area contributed by atoms with Crippen LogP contribution in [0.15, 0.2) is 0 Å². The summed E-state index contributed by atoms with van der Waals surface area (Å²) in [6, 6.07) is 0. The molecule has 0 spiro atoms. The van der Waals surface area contributed by atoms with Gasteiger partial charge in [-0.3, -0.25) is 4.57 Å². The number of rotatable bonds is 8. The van der Waals surface area contributed by atoms with E-state index in [1.807, 2.05) is 0 Å². The number of hydrogen-bond donors (Lipinski definition) is 2. The van der Waals surface area contributed by atoms with Crippen LogP contribution in [0.5, 0.6) is 0 Å². The van der Waals surface area contributed by atoms with Crippen LogP contribution in [-0.4, -0.2) is 34.7 Å². The maximum atomic E-state index is 11.6. The van der Waals surface area contributed by atoms with E-state index in [4.69, 9.17) is 0 Å². The highest BCUT2D eigenvalue weighted by molar-refractivity contribution is 7.58. The largest absolute Gasteiger partial charge is 0.550 e. The molecule has 7 nitrogen and oxygen atoms in total. The van der Waals surface area contributed by atoms with Crippen LogP contribution in [0.3, 0.4) is 0 Å². The van der Waals surface area contributed by atoms with Gasteiger partial charge in [-0.2, -0.15) is 0 Å². The third-order valence-corrected chi connectivity index (χ3v) is 4.93. The second-order valence-corrected chi connectivity index (χ2v) is 7.35. The van der Waals surface area contributed by atoms with Gasteiger partial charge in [0.25, 0.3) is 0 Å². The summed E-state index contributed by atoms with van der Waals surface area (Å²) in [5, 5.41) is 21.2. The van der Waals surface area contributed by atoms with Gasteiger partial charge < -0.3 is 30.4 Å². The Bertz CT molecular complexity index is 369. The van der Waals surface area contributed by atoms with Crippen molar-refractivity contribution < 1.29 is 35.0 Å². The summed E-state index contributed by atoms with van der Waals surface area (Å²) < 4.78 is 11.6. The maximum absolute atomic E-state index is 11.6. The average Bonchev–Trinajstić information content (AvgIpc) is 2.23. The van der Waals surface area contributed by atoms with Gasteiger partial charge in [-0.05, 0) is 6.42 Å². The number of hydrogen-bond acceptors (Lipinski definition) is 5. The van der Waals surface area contributed by atoms with E-state index in [-0.39, 0.29) is 18.5 Å². The van der Waals surface area contributed by atoms with E-state index in [9.17, 15) is 29.3 Å². The van der Waals surface area contributed by atoms with Gasteiger partial charge in [0.1, 0.15) is 11.5 Å². The number of quaternary nitrogens is 1. The second-order valence-electron chi connectivity index (χ2n) is 4.76. The molecule has 0 aliphatic rings. The molecular formula is C10H19NO6P-. The molecule has 0 rings (SSSR count). The van der Waals surface area contributed by atoms with Crippen molar-refractivity contribution in [1.82, 2.24) is 0 Å². The van der Waals surface area contributed by atoms with Crippen LogP contribution >= 0.6 is 7.37 Å². The first-order chi connectivity index (χ1) is 8.01. The molecule has 0 aromatic rings. The van der Waals surface area contributed by atoms with E-state index in [0.29, 0.717) is 0 Å². The molecule has 0 aromatic carbocycles. The Kier molecular flexibility index (Phi) is 5.99. The standard InChI is InChI=1S/C10H20NO6P/c1-7(2)10(11,9(14)15)4-6-18(16,17)5-3-8(12)13/h7H,3-6,11H2,1-2H3,(H,12,13)(H,14,15)(H,16,17)/p-1/t10-/m1/s1. The van der Waals surface area contributed by atoms with Gasteiger partial charge in [0.05, 0.1) is 0 Å². The lowest BCUT2D eigenvalue weighted by Crippen LogP contribution is -2.82. The van der Waals surface area contributed by atoms with Gasteiger partial charge in [0.15, 0.2) is 0 Å². The van der Waals surface area contributed by atoms with Gasteiger partial charge in [-0.25, -0.2) is 0 Å². The summed E-state index contributed by atoms with van der Waals surface area (Å²) in [5.74, 6) is -3.14. The van der Waals surface area contributed by atoms with Gasteiger partial charge in [-0.1, -0.05) is 13.8 Å². The van der Waals surface area contributed by atoms with Gasteiger partial charge in [0, 0.05) is 30.6 Å². The molecule has 4 N–H and O–H groups in total.